The molecular weight excluding hydrogens is 376 g/mol. The van der Waals surface area contributed by atoms with Crippen LogP contribution in [0.25, 0.3) is 11.4 Å². The molecule has 0 saturated carbocycles. The second kappa shape index (κ2) is 9.11. The number of anilines is 1. The molecule has 0 saturated heterocycles. The number of nitrogens with zero attached hydrogens (tertiary/aromatic N) is 3. The number of aryl methyl sites for hydroxylation is 1. The summed E-state index contributed by atoms with van der Waals surface area (Å²) in [6.07, 6.45) is 4.55. The average molecular weight is 405 g/mol. The Morgan fingerprint density at radius 1 is 1.03 bits per heavy atom. The second-order valence-corrected chi connectivity index (χ2v) is 8.04. The molecule has 6 heteroatoms. The molecule has 1 N–H and O–H groups in total. The van der Waals surface area contributed by atoms with Gasteiger partial charge in [-0.3, -0.25) is 4.79 Å². The van der Waals surface area contributed by atoms with Crippen molar-refractivity contribution in [2.45, 2.75) is 52.0 Å². The molecule has 2 aromatic carbocycles. The molecule has 156 valence electrons. The lowest BCUT2D eigenvalue weighted by Crippen LogP contribution is -2.20. The molecule has 30 heavy (non-hydrogen) atoms. The Labute approximate surface area is 177 Å². The molecule has 1 aliphatic rings. The van der Waals surface area contributed by atoms with E-state index in [0.29, 0.717) is 11.7 Å². The molecule has 0 fully saturated rings. The highest BCUT2D eigenvalue weighted by Gasteiger charge is 2.16. The summed E-state index contributed by atoms with van der Waals surface area (Å²) in [4.78, 5) is 12.2. The van der Waals surface area contributed by atoms with E-state index in [4.69, 9.17) is 4.74 Å². The van der Waals surface area contributed by atoms with Gasteiger partial charge in [-0.25, -0.2) is 0 Å². The third kappa shape index (κ3) is 4.70. The van der Waals surface area contributed by atoms with Crippen LogP contribution in [0.1, 0.15) is 50.4 Å². The first kappa shape index (κ1) is 20.1. The van der Waals surface area contributed by atoms with Gasteiger partial charge in [0.25, 0.3) is 5.91 Å². The smallest absolute Gasteiger partial charge is 0.262 e. The molecule has 6 nitrogen and oxygen atoms in total. The zero-order valence-corrected chi connectivity index (χ0v) is 17.6. The van der Waals surface area contributed by atoms with Gasteiger partial charge < -0.3 is 14.6 Å². The molecule has 0 bridgehead atoms. The summed E-state index contributed by atoms with van der Waals surface area (Å²) in [7, 11) is 0. The highest BCUT2D eigenvalue weighted by atomic mass is 16.5. The molecule has 0 aliphatic carbocycles. The fourth-order valence-corrected chi connectivity index (χ4v) is 3.70. The number of hydrogen-bond donors (Lipinski definition) is 1. The zero-order chi connectivity index (χ0) is 20.9. The van der Waals surface area contributed by atoms with Crippen molar-refractivity contribution in [2.75, 3.05) is 11.9 Å². The van der Waals surface area contributed by atoms with E-state index in [-0.39, 0.29) is 12.5 Å². The van der Waals surface area contributed by atoms with Crippen LogP contribution in [0.2, 0.25) is 0 Å². The summed E-state index contributed by atoms with van der Waals surface area (Å²) in [5.74, 6) is 2.94. The predicted molar refractivity (Wildman–Crippen MR) is 118 cm³/mol. The minimum absolute atomic E-state index is 0.0273. The van der Waals surface area contributed by atoms with Crippen molar-refractivity contribution in [3.8, 4) is 17.1 Å². The number of benzene rings is 2. The highest BCUT2D eigenvalue weighted by Crippen LogP contribution is 2.24. The van der Waals surface area contributed by atoms with Crippen LogP contribution in [0.4, 0.5) is 5.69 Å². The van der Waals surface area contributed by atoms with Gasteiger partial charge in [0.2, 0.25) is 0 Å². The lowest BCUT2D eigenvalue weighted by molar-refractivity contribution is -0.118. The van der Waals surface area contributed by atoms with Gasteiger partial charge in [0.15, 0.2) is 12.4 Å². The Morgan fingerprint density at radius 3 is 2.53 bits per heavy atom. The fraction of sp³-hybridized carbons (Fsp3) is 0.375. The number of amides is 1. The molecule has 3 aromatic rings. The van der Waals surface area contributed by atoms with Crippen molar-refractivity contribution >= 4 is 11.6 Å². The second-order valence-electron chi connectivity index (χ2n) is 8.04. The maximum Gasteiger partial charge on any atom is 0.262 e. The molecule has 0 spiro atoms. The van der Waals surface area contributed by atoms with E-state index >= 15 is 0 Å². The van der Waals surface area contributed by atoms with Crippen LogP contribution >= 0.6 is 0 Å². The Morgan fingerprint density at radius 2 is 1.80 bits per heavy atom. The minimum Gasteiger partial charge on any atom is -0.484 e. The van der Waals surface area contributed by atoms with Crippen LogP contribution in [0.3, 0.4) is 0 Å². The van der Waals surface area contributed by atoms with Crippen molar-refractivity contribution in [3.63, 3.8) is 0 Å². The van der Waals surface area contributed by atoms with E-state index in [1.807, 2.05) is 48.5 Å². The van der Waals surface area contributed by atoms with Gasteiger partial charge in [0.05, 0.1) is 0 Å². The van der Waals surface area contributed by atoms with Gasteiger partial charge in [-0.05, 0) is 60.7 Å². The lowest BCUT2D eigenvalue weighted by atomic mass is 10.0. The van der Waals surface area contributed by atoms with Gasteiger partial charge in [-0.15, -0.1) is 10.2 Å². The molecule has 0 unspecified atom stereocenters. The third-order valence-corrected chi connectivity index (χ3v) is 5.45. The first-order valence-corrected chi connectivity index (χ1v) is 10.7. The minimum atomic E-state index is -0.188. The van der Waals surface area contributed by atoms with Crippen LogP contribution in [0.5, 0.6) is 5.75 Å². The van der Waals surface area contributed by atoms with Gasteiger partial charge in [0, 0.05) is 24.2 Å². The van der Waals surface area contributed by atoms with E-state index in [9.17, 15) is 4.79 Å². The summed E-state index contributed by atoms with van der Waals surface area (Å²) in [5, 5.41) is 11.6. The van der Waals surface area contributed by atoms with Crippen molar-refractivity contribution in [1.29, 1.82) is 0 Å². The number of carbonyl (C=O) groups excluding carboxylic acids is 1. The van der Waals surface area contributed by atoms with Crippen LogP contribution in [-0.4, -0.2) is 27.3 Å². The van der Waals surface area contributed by atoms with E-state index in [1.54, 1.807) is 0 Å². The van der Waals surface area contributed by atoms with Crippen LogP contribution in [0.15, 0.2) is 48.5 Å². The van der Waals surface area contributed by atoms with Crippen molar-refractivity contribution in [3.05, 3.63) is 59.9 Å². The fourth-order valence-electron chi connectivity index (χ4n) is 3.70. The quantitative estimate of drug-likeness (QED) is 0.640. The summed E-state index contributed by atoms with van der Waals surface area (Å²) in [6.45, 7) is 5.23. The summed E-state index contributed by atoms with van der Waals surface area (Å²) >= 11 is 0. The number of carbonyl (C=O) groups is 1. The maximum absolute atomic E-state index is 12.2. The van der Waals surface area contributed by atoms with Gasteiger partial charge in [-0.1, -0.05) is 32.4 Å². The van der Waals surface area contributed by atoms with E-state index < -0.39 is 0 Å². The van der Waals surface area contributed by atoms with Crippen molar-refractivity contribution < 1.29 is 9.53 Å². The third-order valence-electron chi connectivity index (χ3n) is 5.45. The maximum atomic E-state index is 12.2. The number of fused-ring (bicyclic) bond motifs is 1. The Bertz CT molecular complexity index is 991. The summed E-state index contributed by atoms with van der Waals surface area (Å²) < 4.78 is 7.82. The highest BCUT2D eigenvalue weighted by molar-refractivity contribution is 5.92. The standard InChI is InChI=1S/C24H28N4O2/c1-17(2)18-9-13-21(14-10-18)30-16-23(29)25-20-11-7-19(8-12-20)24-27-26-22-6-4-3-5-15-28(22)24/h7-14,17H,3-6,15-16H2,1-2H3,(H,25,29). The number of hydrogen-bond acceptors (Lipinski definition) is 4. The Kier molecular flexibility index (Phi) is 6.12. The predicted octanol–water partition coefficient (Wildman–Crippen LogP) is 4.81. The normalized spacial score (nSPS) is 13.6. The zero-order valence-electron chi connectivity index (χ0n) is 17.6. The SMILES string of the molecule is CC(C)c1ccc(OCC(=O)Nc2ccc(-c3nnc4n3CCCCC4)cc2)cc1. The molecule has 1 aliphatic heterocycles. The van der Waals surface area contributed by atoms with Crippen LogP contribution in [-0.2, 0) is 17.8 Å². The van der Waals surface area contributed by atoms with E-state index in [0.717, 1.165) is 42.3 Å². The van der Waals surface area contributed by atoms with Crippen molar-refractivity contribution in [1.82, 2.24) is 14.8 Å². The first-order valence-electron chi connectivity index (χ1n) is 10.7. The molecule has 2 heterocycles. The Balaban J connectivity index is 1.34. The molecule has 4 rings (SSSR count). The van der Waals surface area contributed by atoms with Gasteiger partial charge in [-0.2, -0.15) is 0 Å². The molecule has 1 amide bonds. The van der Waals surface area contributed by atoms with Crippen molar-refractivity contribution in [2.24, 2.45) is 0 Å². The largest absolute Gasteiger partial charge is 0.484 e. The van der Waals surface area contributed by atoms with Gasteiger partial charge >= 0.3 is 0 Å². The monoisotopic (exact) mass is 404 g/mol. The number of aromatic nitrogens is 3. The average Bonchev–Trinajstić information content (AvgIpc) is 3.01. The molecule has 0 atom stereocenters. The van der Waals surface area contributed by atoms with Gasteiger partial charge in [0.1, 0.15) is 11.6 Å². The van der Waals surface area contributed by atoms with E-state index in [2.05, 4.69) is 33.9 Å². The number of rotatable bonds is 6. The van der Waals surface area contributed by atoms with Crippen LogP contribution in [0, 0.1) is 0 Å². The topological polar surface area (TPSA) is 69.0 Å². The lowest BCUT2D eigenvalue weighted by Gasteiger charge is -2.10. The molecule has 0 radical (unpaired) electrons. The van der Waals surface area contributed by atoms with Crippen LogP contribution < -0.4 is 10.1 Å². The first-order chi connectivity index (χ1) is 14.6. The Hall–Kier alpha value is -3.15. The van der Waals surface area contributed by atoms with E-state index in [1.165, 1.54) is 18.4 Å². The summed E-state index contributed by atoms with van der Waals surface area (Å²) in [5.41, 5.74) is 2.99. The molecular formula is C24H28N4O2. The number of nitrogens with one attached hydrogen (secondary N) is 1. The summed E-state index contributed by atoms with van der Waals surface area (Å²) in [6, 6.07) is 15.6. The molecule has 1 aromatic heterocycles. The number of ether oxygens (including phenoxy) is 1.